The molecule has 1 heterocycles. The summed E-state index contributed by atoms with van der Waals surface area (Å²) in [5.41, 5.74) is 0. The van der Waals surface area contributed by atoms with Crippen LogP contribution in [0.4, 0.5) is 0 Å². The van der Waals surface area contributed by atoms with Gasteiger partial charge in [-0.25, -0.2) is 0 Å². The van der Waals surface area contributed by atoms with Crippen molar-refractivity contribution in [3.05, 3.63) is 18.3 Å². The standard InChI is InChI=1S/C8H11NO2S/c1-8(2,7(10)11)12-6-4-3-5-9-6/h3-5,9H,1-2H3,(H,10,11). The summed E-state index contributed by atoms with van der Waals surface area (Å²) in [6, 6.07) is 3.70. The van der Waals surface area contributed by atoms with Gasteiger partial charge in [-0.3, -0.25) is 4.79 Å². The van der Waals surface area contributed by atoms with Crippen LogP contribution in [-0.4, -0.2) is 20.8 Å². The first-order valence-corrected chi connectivity index (χ1v) is 4.40. The monoisotopic (exact) mass is 185 g/mol. The Morgan fingerprint density at radius 1 is 1.67 bits per heavy atom. The summed E-state index contributed by atoms with van der Waals surface area (Å²) in [5.74, 6) is -0.804. The van der Waals surface area contributed by atoms with Crippen molar-refractivity contribution in [3.8, 4) is 0 Å². The molecule has 0 radical (unpaired) electrons. The third-order valence-corrected chi connectivity index (χ3v) is 2.61. The van der Waals surface area contributed by atoms with Gasteiger partial charge in [-0.2, -0.15) is 0 Å². The Kier molecular flexibility index (Phi) is 2.47. The molecule has 0 amide bonds. The molecule has 0 aliphatic rings. The summed E-state index contributed by atoms with van der Waals surface area (Å²) in [6.07, 6.45) is 1.78. The summed E-state index contributed by atoms with van der Waals surface area (Å²) in [4.78, 5) is 13.7. The predicted octanol–water partition coefficient (Wildman–Crippen LogP) is 1.97. The van der Waals surface area contributed by atoms with Crippen molar-refractivity contribution in [1.29, 1.82) is 0 Å². The highest BCUT2D eigenvalue weighted by molar-refractivity contribution is 8.01. The molecule has 0 fully saturated rings. The number of aliphatic carboxylic acids is 1. The lowest BCUT2D eigenvalue weighted by Gasteiger charge is -2.16. The van der Waals surface area contributed by atoms with Crippen molar-refractivity contribution in [2.75, 3.05) is 0 Å². The van der Waals surface area contributed by atoms with E-state index in [9.17, 15) is 4.79 Å². The van der Waals surface area contributed by atoms with Crippen LogP contribution in [0.3, 0.4) is 0 Å². The molecule has 0 aliphatic heterocycles. The number of thioether (sulfide) groups is 1. The molecular formula is C8H11NO2S. The SMILES string of the molecule is CC(C)(Sc1ccc[nH]1)C(=O)O. The lowest BCUT2D eigenvalue weighted by atomic mass is 10.2. The number of hydrogen-bond donors (Lipinski definition) is 2. The number of carboxylic acids is 1. The van der Waals surface area contributed by atoms with E-state index in [0.717, 1.165) is 5.03 Å². The highest BCUT2D eigenvalue weighted by Crippen LogP contribution is 2.30. The van der Waals surface area contributed by atoms with Crippen LogP contribution in [0, 0.1) is 0 Å². The number of aromatic amines is 1. The van der Waals surface area contributed by atoms with E-state index in [2.05, 4.69) is 4.98 Å². The van der Waals surface area contributed by atoms with Gasteiger partial charge in [0.2, 0.25) is 0 Å². The van der Waals surface area contributed by atoms with Crippen molar-refractivity contribution in [1.82, 2.24) is 4.98 Å². The summed E-state index contributed by atoms with van der Waals surface area (Å²) >= 11 is 1.31. The Morgan fingerprint density at radius 2 is 2.33 bits per heavy atom. The first-order chi connectivity index (χ1) is 5.52. The fraction of sp³-hybridized carbons (Fsp3) is 0.375. The van der Waals surface area contributed by atoms with Gasteiger partial charge in [0.15, 0.2) is 0 Å². The zero-order valence-electron chi connectivity index (χ0n) is 7.00. The Bertz CT molecular complexity index is 267. The lowest BCUT2D eigenvalue weighted by molar-refractivity contribution is -0.138. The van der Waals surface area contributed by atoms with E-state index in [1.807, 2.05) is 12.1 Å². The maximum atomic E-state index is 10.7. The topological polar surface area (TPSA) is 53.1 Å². The number of carbonyl (C=O) groups is 1. The second-order valence-corrected chi connectivity index (χ2v) is 4.62. The van der Waals surface area contributed by atoms with Gasteiger partial charge in [0.25, 0.3) is 0 Å². The van der Waals surface area contributed by atoms with Gasteiger partial charge >= 0.3 is 5.97 Å². The Labute approximate surface area is 75.2 Å². The van der Waals surface area contributed by atoms with Gasteiger partial charge in [-0.15, -0.1) is 0 Å². The molecule has 0 saturated heterocycles. The van der Waals surface area contributed by atoms with Crippen LogP contribution in [0.5, 0.6) is 0 Å². The zero-order valence-corrected chi connectivity index (χ0v) is 7.81. The van der Waals surface area contributed by atoms with Gasteiger partial charge in [0, 0.05) is 6.20 Å². The highest BCUT2D eigenvalue weighted by Gasteiger charge is 2.28. The maximum Gasteiger partial charge on any atom is 0.319 e. The Balaban J connectivity index is 2.69. The van der Waals surface area contributed by atoms with E-state index < -0.39 is 10.7 Å². The van der Waals surface area contributed by atoms with Crippen molar-refractivity contribution >= 4 is 17.7 Å². The molecule has 1 aromatic heterocycles. The highest BCUT2D eigenvalue weighted by atomic mass is 32.2. The van der Waals surface area contributed by atoms with Crippen LogP contribution in [0.1, 0.15) is 13.8 Å². The third-order valence-electron chi connectivity index (χ3n) is 1.45. The van der Waals surface area contributed by atoms with Crippen molar-refractivity contribution < 1.29 is 9.90 Å². The molecule has 0 atom stereocenters. The predicted molar refractivity (Wildman–Crippen MR) is 48.4 cm³/mol. The summed E-state index contributed by atoms with van der Waals surface area (Å²) in [6.45, 7) is 3.36. The van der Waals surface area contributed by atoms with E-state index in [1.54, 1.807) is 20.0 Å². The van der Waals surface area contributed by atoms with Crippen molar-refractivity contribution in [2.24, 2.45) is 0 Å². The smallest absolute Gasteiger partial charge is 0.319 e. The second-order valence-electron chi connectivity index (χ2n) is 2.95. The van der Waals surface area contributed by atoms with Crippen LogP contribution in [0.25, 0.3) is 0 Å². The third kappa shape index (κ3) is 2.04. The molecule has 4 heteroatoms. The van der Waals surface area contributed by atoms with E-state index >= 15 is 0 Å². The molecule has 1 rings (SSSR count). The molecule has 0 unspecified atom stereocenters. The molecule has 0 spiro atoms. The minimum Gasteiger partial charge on any atom is -0.480 e. The molecular weight excluding hydrogens is 174 g/mol. The number of rotatable bonds is 3. The first-order valence-electron chi connectivity index (χ1n) is 3.58. The van der Waals surface area contributed by atoms with Crippen LogP contribution in [0.15, 0.2) is 23.4 Å². The second kappa shape index (κ2) is 3.23. The summed E-state index contributed by atoms with van der Waals surface area (Å²) < 4.78 is -0.773. The normalized spacial score (nSPS) is 11.5. The molecule has 12 heavy (non-hydrogen) atoms. The van der Waals surface area contributed by atoms with Crippen molar-refractivity contribution in [3.63, 3.8) is 0 Å². The van der Waals surface area contributed by atoms with E-state index in [0.29, 0.717) is 0 Å². The molecule has 2 N–H and O–H groups in total. The largest absolute Gasteiger partial charge is 0.480 e. The Morgan fingerprint density at radius 3 is 2.75 bits per heavy atom. The maximum absolute atomic E-state index is 10.7. The summed E-state index contributed by atoms with van der Waals surface area (Å²) in [5, 5.41) is 9.68. The fourth-order valence-corrected chi connectivity index (χ4v) is 1.61. The number of nitrogens with one attached hydrogen (secondary N) is 1. The van der Waals surface area contributed by atoms with Crippen LogP contribution >= 0.6 is 11.8 Å². The summed E-state index contributed by atoms with van der Waals surface area (Å²) in [7, 11) is 0. The van der Waals surface area contributed by atoms with E-state index in [1.165, 1.54) is 11.8 Å². The van der Waals surface area contributed by atoms with Crippen LogP contribution in [-0.2, 0) is 4.79 Å². The molecule has 66 valence electrons. The average Bonchev–Trinajstić information content (AvgIpc) is 2.38. The molecule has 0 aliphatic carbocycles. The van der Waals surface area contributed by atoms with Gasteiger partial charge < -0.3 is 10.1 Å². The van der Waals surface area contributed by atoms with Gasteiger partial charge in [0.1, 0.15) is 4.75 Å². The minimum absolute atomic E-state index is 0.773. The zero-order chi connectivity index (χ0) is 9.19. The lowest BCUT2D eigenvalue weighted by Crippen LogP contribution is -2.26. The molecule has 1 aromatic rings. The van der Waals surface area contributed by atoms with E-state index in [4.69, 9.17) is 5.11 Å². The minimum atomic E-state index is -0.804. The number of carboxylic acid groups (broad SMARTS) is 1. The van der Waals surface area contributed by atoms with Gasteiger partial charge in [0.05, 0.1) is 5.03 Å². The number of hydrogen-bond acceptors (Lipinski definition) is 2. The molecule has 0 bridgehead atoms. The van der Waals surface area contributed by atoms with Gasteiger partial charge in [-0.05, 0) is 26.0 Å². The first kappa shape index (κ1) is 9.19. The van der Waals surface area contributed by atoms with Crippen molar-refractivity contribution in [2.45, 2.75) is 23.6 Å². The van der Waals surface area contributed by atoms with E-state index in [-0.39, 0.29) is 0 Å². The Hall–Kier alpha value is -0.900. The molecule has 0 aromatic carbocycles. The van der Waals surface area contributed by atoms with Gasteiger partial charge in [-0.1, -0.05) is 11.8 Å². The fourth-order valence-electron chi connectivity index (χ4n) is 0.696. The van der Waals surface area contributed by atoms with Crippen LogP contribution < -0.4 is 0 Å². The van der Waals surface area contributed by atoms with Crippen LogP contribution in [0.2, 0.25) is 0 Å². The molecule has 3 nitrogen and oxygen atoms in total. The molecule has 0 saturated carbocycles. The number of aromatic nitrogens is 1. The average molecular weight is 185 g/mol. The number of H-pyrrole nitrogens is 1. The quantitative estimate of drug-likeness (QED) is 0.708.